The smallest absolute Gasteiger partial charge is 0.336 e. The average molecular weight is 485 g/mol. The molecule has 0 bridgehead atoms. The van der Waals surface area contributed by atoms with Crippen molar-refractivity contribution in [1.82, 2.24) is 9.88 Å². The van der Waals surface area contributed by atoms with Gasteiger partial charge in [-0.3, -0.25) is 4.90 Å². The lowest BCUT2D eigenvalue weighted by Gasteiger charge is -2.45. The zero-order valence-corrected chi connectivity index (χ0v) is 20.8. The first kappa shape index (κ1) is 23.1. The number of rotatable bonds is 5. The van der Waals surface area contributed by atoms with E-state index in [4.69, 9.17) is 9.47 Å². The summed E-state index contributed by atoms with van der Waals surface area (Å²) in [5.74, 6) is 0.00919. The van der Waals surface area contributed by atoms with E-state index >= 15 is 0 Å². The molecule has 4 aromatic rings. The topological polar surface area (TPSA) is 74.8 Å². The van der Waals surface area contributed by atoms with Crippen LogP contribution in [0.25, 0.3) is 21.7 Å². The Hall–Kier alpha value is -3.35. The number of ether oxygens (including phenoxy) is 2. The molecular formula is C30H32N2O4. The zero-order chi connectivity index (χ0) is 24.9. The van der Waals surface area contributed by atoms with Crippen molar-refractivity contribution in [3.8, 4) is 5.75 Å². The molecule has 2 fully saturated rings. The number of methoxy groups -OCH3 is 1. The van der Waals surface area contributed by atoms with Gasteiger partial charge in [0.2, 0.25) is 0 Å². The van der Waals surface area contributed by atoms with Gasteiger partial charge in [-0.25, -0.2) is 4.79 Å². The molecule has 1 aromatic heterocycles. The van der Waals surface area contributed by atoms with Gasteiger partial charge in [-0.1, -0.05) is 30.3 Å². The van der Waals surface area contributed by atoms with Crippen LogP contribution in [0.15, 0.2) is 54.7 Å². The van der Waals surface area contributed by atoms with Crippen LogP contribution in [0.4, 0.5) is 0 Å². The van der Waals surface area contributed by atoms with Gasteiger partial charge < -0.3 is 19.6 Å². The molecule has 3 aromatic carbocycles. The van der Waals surface area contributed by atoms with E-state index in [2.05, 4.69) is 35.0 Å². The highest BCUT2D eigenvalue weighted by molar-refractivity contribution is 6.04. The molecule has 2 N–H and O–H groups in total. The highest BCUT2D eigenvalue weighted by Gasteiger charge is 2.44. The SMILES string of the molecule is COc1cc(C)c2[nH]ccc2c1CN1CCC2(CCCO2)C[C@H]1c1ccc(C(=O)O)c2ccccc12. The number of carboxylic acids is 1. The summed E-state index contributed by atoms with van der Waals surface area (Å²) in [4.78, 5) is 17.9. The van der Waals surface area contributed by atoms with Gasteiger partial charge in [0, 0.05) is 48.4 Å². The molecule has 6 heteroatoms. The van der Waals surface area contributed by atoms with Gasteiger partial charge >= 0.3 is 5.97 Å². The number of hydrogen-bond donors (Lipinski definition) is 2. The number of carboxylic acid groups (broad SMARTS) is 1. The third kappa shape index (κ3) is 3.76. The van der Waals surface area contributed by atoms with Gasteiger partial charge in [-0.05, 0) is 72.7 Å². The van der Waals surface area contributed by atoms with Crippen molar-refractivity contribution in [1.29, 1.82) is 0 Å². The van der Waals surface area contributed by atoms with Crippen molar-refractivity contribution in [3.63, 3.8) is 0 Å². The second-order valence-corrected chi connectivity index (χ2v) is 10.3. The number of aromatic nitrogens is 1. The minimum absolute atomic E-state index is 0.101. The zero-order valence-electron chi connectivity index (χ0n) is 20.8. The van der Waals surface area contributed by atoms with Crippen molar-refractivity contribution < 1.29 is 19.4 Å². The number of benzene rings is 3. The summed E-state index contributed by atoms with van der Waals surface area (Å²) in [5.41, 5.74) is 4.90. The highest BCUT2D eigenvalue weighted by atomic mass is 16.5. The fourth-order valence-corrected chi connectivity index (χ4v) is 6.48. The van der Waals surface area contributed by atoms with Crippen LogP contribution in [0.3, 0.4) is 0 Å². The number of aromatic amines is 1. The molecule has 2 aliphatic heterocycles. The maximum Gasteiger partial charge on any atom is 0.336 e. The van der Waals surface area contributed by atoms with Crippen molar-refractivity contribution in [2.45, 2.75) is 50.8 Å². The summed E-state index contributed by atoms with van der Waals surface area (Å²) in [6.07, 6.45) is 6.07. The predicted molar refractivity (Wildman–Crippen MR) is 141 cm³/mol. The van der Waals surface area contributed by atoms with Crippen molar-refractivity contribution in [2.75, 3.05) is 20.3 Å². The third-order valence-corrected chi connectivity index (χ3v) is 8.29. The number of piperidine rings is 1. The van der Waals surface area contributed by atoms with Gasteiger partial charge in [-0.2, -0.15) is 0 Å². The number of nitrogens with zero attached hydrogens (tertiary/aromatic N) is 1. The second-order valence-electron chi connectivity index (χ2n) is 10.3. The van der Waals surface area contributed by atoms with Crippen molar-refractivity contribution in [3.05, 3.63) is 77.0 Å². The van der Waals surface area contributed by atoms with Crippen LogP contribution >= 0.6 is 0 Å². The molecule has 2 atom stereocenters. The van der Waals surface area contributed by atoms with Crippen LogP contribution in [0.1, 0.15) is 58.8 Å². The number of carbonyl (C=O) groups is 1. The number of likely N-dealkylation sites (tertiary alicyclic amines) is 1. The Balaban J connectivity index is 1.47. The minimum Gasteiger partial charge on any atom is -0.496 e. The maximum atomic E-state index is 12.0. The molecule has 6 rings (SSSR count). The molecule has 0 amide bonds. The van der Waals surface area contributed by atoms with Crippen LogP contribution in [-0.2, 0) is 11.3 Å². The molecule has 1 spiro atoms. The van der Waals surface area contributed by atoms with Gasteiger partial charge in [0.1, 0.15) is 5.75 Å². The molecule has 0 radical (unpaired) electrons. The summed E-state index contributed by atoms with van der Waals surface area (Å²) >= 11 is 0. The Labute approximate surface area is 210 Å². The van der Waals surface area contributed by atoms with E-state index in [1.54, 1.807) is 13.2 Å². The fourth-order valence-electron chi connectivity index (χ4n) is 6.48. The van der Waals surface area contributed by atoms with E-state index in [0.717, 1.165) is 67.4 Å². The first-order valence-electron chi connectivity index (χ1n) is 12.8. The summed E-state index contributed by atoms with van der Waals surface area (Å²) in [6, 6.07) is 16.0. The molecule has 0 saturated carbocycles. The van der Waals surface area contributed by atoms with Crippen LogP contribution in [0.5, 0.6) is 5.75 Å². The fraction of sp³-hybridized carbons (Fsp3) is 0.367. The second kappa shape index (κ2) is 8.95. The number of aryl methyl sites for hydroxylation is 1. The molecule has 36 heavy (non-hydrogen) atoms. The standard InChI is InChI=1S/C30H32N2O4/c1-19-16-27(35-2)25(23-10-13-31-28(19)23)18-32-14-12-30(11-5-15-36-30)17-26(32)22-8-9-24(29(33)34)21-7-4-3-6-20(21)22/h3-4,6-10,13,16,26,31H,5,11-12,14-15,17-18H2,1-2H3,(H,33,34)/t26-,30?/m0/s1. The number of fused-ring (bicyclic) bond motifs is 2. The molecule has 3 heterocycles. The molecule has 6 nitrogen and oxygen atoms in total. The van der Waals surface area contributed by atoms with Crippen molar-refractivity contribution >= 4 is 27.6 Å². The van der Waals surface area contributed by atoms with E-state index in [9.17, 15) is 9.90 Å². The summed E-state index contributed by atoms with van der Waals surface area (Å²) in [7, 11) is 1.74. The molecule has 186 valence electrons. The first-order chi connectivity index (χ1) is 17.5. The Morgan fingerprint density at radius 3 is 2.75 bits per heavy atom. The minimum atomic E-state index is -0.895. The third-order valence-electron chi connectivity index (χ3n) is 8.29. The Bertz CT molecular complexity index is 1450. The summed E-state index contributed by atoms with van der Waals surface area (Å²) < 4.78 is 12.2. The molecule has 0 aliphatic carbocycles. The molecular weight excluding hydrogens is 452 g/mol. The van der Waals surface area contributed by atoms with Crippen LogP contribution < -0.4 is 4.74 Å². The van der Waals surface area contributed by atoms with Crippen LogP contribution in [-0.4, -0.2) is 46.8 Å². The van der Waals surface area contributed by atoms with E-state index in [0.29, 0.717) is 5.56 Å². The maximum absolute atomic E-state index is 12.0. The number of nitrogens with one attached hydrogen (secondary N) is 1. The van der Waals surface area contributed by atoms with Crippen molar-refractivity contribution in [2.24, 2.45) is 0 Å². The van der Waals surface area contributed by atoms with Gasteiger partial charge in [0.15, 0.2) is 0 Å². The first-order valence-corrected chi connectivity index (χ1v) is 12.8. The number of aromatic carboxylic acids is 1. The Morgan fingerprint density at radius 2 is 2.00 bits per heavy atom. The number of H-pyrrole nitrogens is 1. The Kier molecular flexibility index (Phi) is 5.73. The normalized spacial score (nSPS) is 22.6. The van der Waals surface area contributed by atoms with Gasteiger partial charge in [0.25, 0.3) is 0 Å². The quantitative estimate of drug-likeness (QED) is 0.352. The predicted octanol–water partition coefficient (Wildman–Crippen LogP) is 6.22. The summed E-state index contributed by atoms with van der Waals surface area (Å²) in [6.45, 7) is 4.57. The molecule has 1 unspecified atom stereocenters. The lowest BCUT2D eigenvalue weighted by Crippen LogP contribution is -2.45. The highest BCUT2D eigenvalue weighted by Crippen LogP contribution is 2.47. The van der Waals surface area contributed by atoms with E-state index in [-0.39, 0.29) is 11.6 Å². The molecule has 2 aliphatic rings. The lowest BCUT2D eigenvalue weighted by atomic mass is 9.80. The van der Waals surface area contributed by atoms with Gasteiger partial charge in [-0.15, -0.1) is 0 Å². The van der Waals surface area contributed by atoms with E-state index in [1.807, 2.05) is 30.5 Å². The van der Waals surface area contributed by atoms with E-state index in [1.165, 1.54) is 22.1 Å². The van der Waals surface area contributed by atoms with E-state index < -0.39 is 5.97 Å². The van der Waals surface area contributed by atoms with Crippen LogP contribution in [0, 0.1) is 6.92 Å². The monoisotopic (exact) mass is 484 g/mol. The largest absolute Gasteiger partial charge is 0.496 e. The Morgan fingerprint density at radius 1 is 1.17 bits per heavy atom. The summed E-state index contributed by atoms with van der Waals surface area (Å²) in [5, 5.41) is 12.8. The number of hydrogen-bond acceptors (Lipinski definition) is 4. The van der Waals surface area contributed by atoms with Crippen LogP contribution in [0.2, 0.25) is 0 Å². The average Bonchev–Trinajstić information content (AvgIpc) is 3.56. The molecule has 2 saturated heterocycles. The van der Waals surface area contributed by atoms with Gasteiger partial charge in [0.05, 0.1) is 18.3 Å². The lowest BCUT2D eigenvalue weighted by molar-refractivity contribution is -0.0673.